The number of nitrogens with two attached hydrogens (primary N) is 1. The largest absolute Gasteiger partial charge is 0.411 e. The fourth-order valence-electron chi connectivity index (χ4n) is 0.937. The van der Waals surface area contributed by atoms with E-state index in [-0.39, 0.29) is 12.4 Å². The summed E-state index contributed by atoms with van der Waals surface area (Å²) in [5.74, 6) is 0.262. The van der Waals surface area contributed by atoms with Crippen LogP contribution in [0, 0.1) is 0 Å². The maximum atomic E-state index is 11.7. The number of aryl methyl sites for hydroxylation is 1. The Labute approximate surface area is 78.4 Å². The van der Waals surface area contributed by atoms with Crippen LogP contribution in [0.4, 0.5) is 19.0 Å². The first kappa shape index (κ1) is 10.8. The monoisotopic (exact) mass is 209 g/mol. The van der Waals surface area contributed by atoms with Crippen LogP contribution in [0.1, 0.15) is 5.69 Å². The molecule has 0 saturated heterocycles. The summed E-state index contributed by atoms with van der Waals surface area (Å²) >= 11 is 0. The van der Waals surface area contributed by atoms with Crippen LogP contribution >= 0.6 is 0 Å². The van der Waals surface area contributed by atoms with Gasteiger partial charge in [0.2, 0.25) is 0 Å². The first-order valence-electron chi connectivity index (χ1n) is 3.81. The van der Waals surface area contributed by atoms with Crippen LogP contribution in [-0.4, -0.2) is 22.6 Å². The fourth-order valence-corrected chi connectivity index (χ4v) is 0.937. The third-order valence-electron chi connectivity index (χ3n) is 1.51. The summed E-state index contributed by atoms with van der Waals surface area (Å²) in [6.07, 6.45) is -4.30. The Bertz CT molecular complexity index is 308. The van der Waals surface area contributed by atoms with E-state index in [1.807, 2.05) is 0 Å². The number of nitrogen functional groups attached to an aromatic ring is 1. The molecule has 0 aliphatic heterocycles. The summed E-state index contributed by atoms with van der Waals surface area (Å²) in [5, 5.41) is 3.76. The van der Waals surface area contributed by atoms with Crippen LogP contribution in [0.25, 0.3) is 0 Å². The number of hydrogen-bond acceptors (Lipinski definition) is 3. The summed E-state index contributed by atoms with van der Waals surface area (Å²) in [4.78, 5) is 0. The molecular formula is C7H10F3N3O. The van der Waals surface area contributed by atoms with Crippen LogP contribution in [0.2, 0.25) is 0 Å². The van der Waals surface area contributed by atoms with Gasteiger partial charge in [0.25, 0.3) is 0 Å². The van der Waals surface area contributed by atoms with Crippen molar-refractivity contribution < 1.29 is 17.9 Å². The predicted molar refractivity (Wildman–Crippen MR) is 43.3 cm³/mol. The van der Waals surface area contributed by atoms with Gasteiger partial charge < -0.3 is 10.5 Å². The molecule has 1 rings (SSSR count). The zero-order valence-electron chi connectivity index (χ0n) is 7.51. The second-order valence-corrected chi connectivity index (χ2v) is 2.79. The van der Waals surface area contributed by atoms with E-state index in [4.69, 9.17) is 5.73 Å². The Kier molecular flexibility index (Phi) is 3.00. The molecule has 0 amide bonds. The molecule has 1 aromatic rings. The molecule has 1 aromatic heterocycles. The molecule has 0 radical (unpaired) electrons. The number of ether oxygens (including phenoxy) is 1. The maximum absolute atomic E-state index is 11.7. The molecule has 0 bridgehead atoms. The molecule has 0 spiro atoms. The van der Waals surface area contributed by atoms with Crippen molar-refractivity contribution in [2.45, 2.75) is 12.8 Å². The zero-order chi connectivity index (χ0) is 10.8. The van der Waals surface area contributed by atoms with E-state index in [9.17, 15) is 13.2 Å². The molecule has 0 unspecified atom stereocenters. The maximum Gasteiger partial charge on any atom is 0.411 e. The molecule has 14 heavy (non-hydrogen) atoms. The van der Waals surface area contributed by atoms with Crippen LogP contribution in [0.3, 0.4) is 0 Å². The second kappa shape index (κ2) is 3.87. The quantitative estimate of drug-likeness (QED) is 0.810. The summed E-state index contributed by atoms with van der Waals surface area (Å²) < 4.78 is 40.9. The Morgan fingerprint density at radius 2 is 2.21 bits per heavy atom. The third kappa shape index (κ3) is 3.25. The number of rotatable bonds is 3. The van der Waals surface area contributed by atoms with E-state index in [2.05, 4.69) is 9.84 Å². The number of hydrogen-bond donors (Lipinski definition) is 1. The Balaban J connectivity index is 2.42. The third-order valence-corrected chi connectivity index (χ3v) is 1.51. The van der Waals surface area contributed by atoms with Gasteiger partial charge >= 0.3 is 6.18 Å². The Morgan fingerprint density at radius 3 is 2.64 bits per heavy atom. The normalized spacial score (nSPS) is 12.0. The van der Waals surface area contributed by atoms with E-state index in [1.54, 1.807) is 7.05 Å². The first-order valence-corrected chi connectivity index (χ1v) is 3.81. The molecule has 2 N–H and O–H groups in total. The van der Waals surface area contributed by atoms with Gasteiger partial charge in [-0.1, -0.05) is 0 Å². The van der Waals surface area contributed by atoms with E-state index < -0.39 is 12.8 Å². The van der Waals surface area contributed by atoms with Gasteiger partial charge in [0.05, 0.1) is 12.3 Å². The van der Waals surface area contributed by atoms with Crippen molar-refractivity contribution in [1.82, 2.24) is 9.78 Å². The summed E-state index contributed by atoms with van der Waals surface area (Å²) in [6.45, 7) is -1.42. The van der Waals surface area contributed by atoms with Crippen molar-refractivity contribution >= 4 is 5.82 Å². The lowest BCUT2D eigenvalue weighted by atomic mass is 10.4. The van der Waals surface area contributed by atoms with Crippen LogP contribution in [0.5, 0.6) is 0 Å². The molecule has 0 atom stereocenters. The average Bonchev–Trinajstić information content (AvgIpc) is 2.27. The standard InChI is InChI=1S/C7H10F3N3O/c1-13-5(2-6(11)12-13)3-14-4-7(8,9)10/h2H,3-4H2,1H3,(H2,11,12). The lowest BCUT2D eigenvalue weighted by molar-refractivity contribution is -0.177. The van der Waals surface area contributed by atoms with Crippen LogP contribution in [0.15, 0.2) is 6.07 Å². The predicted octanol–water partition coefficient (Wildman–Crippen LogP) is 1.08. The smallest absolute Gasteiger partial charge is 0.382 e. The van der Waals surface area contributed by atoms with Gasteiger partial charge in [-0.2, -0.15) is 18.3 Å². The van der Waals surface area contributed by atoms with Crippen LogP contribution in [-0.2, 0) is 18.4 Å². The highest BCUT2D eigenvalue weighted by Crippen LogP contribution is 2.15. The van der Waals surface area contributed by atoms with Crippen molar-refractivity contribution in [3.8, 4) is 0 Å². The highest BCUT2D eigenvalue weighted by molar-refractivity contribution is 5.28. The SMILES string of the molecule is Cn1nc(N)cc1COCC(F)(F)F. The minimum Gasteiger partial charge on any atom is -0.382 e. The molecule has 0 fully saturated rings. The lowest BCUT2D eigenvalue weighted by Gasteiger charge is -2.07. The number of nitrogens with zero attached hydrogens (tertiary/aromatic N) is 2. The summed E-state index contributed by atoms with van der Waals surface area (Å²) in [7, 11) is 1.59. The second-order valence-electron chi connectivity index (χ2n) is 2.79. The van der Waals surface area contributed by atoms with Crippen molar-refractivity contribution in [3.63, 3.8) is 0 Å². The van der Waals surface area contributed by atoms with Gasteiger partial charge in [0, 0.05) is 13.1 Å². The van der Waals surface area contributed by atoms with Crippen molar-refractivity contribution in [3.05, 3.63) is 11.8 Å². The van der Waals surface area contributed by atoms with E-state index in [1.165, 1.54) is 10.7 Å². The molecule has 0 saturated carbocycles. The molecule has 0 aromatic carbocycles. The van der Waals surface area contributed by atoms with Gasteiger partial charge in [-0.15, -0.1) is 0 Å². The van der Waals surface area contributed by atoms with Gasteiger partial charge in [-0.05, 0) is 0 Å². The molecule has 1 heterocycles. The highest BCUT2D eigenvalue weighted by Gasteiger charge is 2.27. The van der Waals surface area contributed by atoms with Gasteiger partial charge in [0.1, 0.15) is 12.4 Å². The van der Waals surface area contributed by atoms with Crippen molar-refractivity contribution in [1.29, 1.82) is 0 Å². The van der Waals surface area contributed by atoms with Crippen molar-refractivity contribution in [2.24, 2.45) is 7.05 Å². The molecule has 7 heteroatoms. The lowest BCUT2D eigenvalue weighted by Crippen LogP contribution is -2.17. The number of aromatic nitrogens is 2. The molecular weight excluding hydrogens is 199 g/mol. The minimum absolute atomic E-state index is 0.153. The van der Waals surface area contributed by atoms with Gasteiger partial charge in [-0.25, -0.2) is 0 Å². The Morgan fingerprint density at radius 1 is 1.57 bits per heavy atom. The van der Waals surface area contributed by atoms with Gasteiger partial charge in [0.15, 0.2) is 0 Å². The van der Waals surface area contributed by atoms with E-state index in [0.717, 1.165) is 0 Å². The fraction of sp³-hybridized carbons (Fsp3) is 0.571. The Hall–Kier alpha value is -1.24. The van der Waals surface area contributed by atoms with Crippen LogP contribution < -0.4 is 5.73 Å². The molecule has 80 valence electrons. The van der Waals surface area contributed by atoms with E-state index in [0.29, 0.717) is 5.69 Å². The molecule has 4 nitrogen and oxygen atoms in total. The number of alkyl halides is 3. The average molecular weight is 209 g/mol. The van der Waals surface area contributed by atoms with E-state index >= 15 is 0 Å². The van der Waals surface area contributed by atoms with Gasteiger partial charge in [-0.3, -0.25) is 4.68 Å². The number of halogens is 3. The van der Waals surface area contributed by atoms with Crippen molar-refractivity contribution in [2.75, 3.05) is 12.3 Å². The summed E-state index contributed by atoms with van der Waals surface area (Å²) in [6, 6.07) is 1.47. The minimum atomic E-state index is -4.30. The summed E-state index contributed by atoms with van der Waals surface area (Å²) in [5.41, 5.74) is 5.83. The zero-order valence-corrected chi connectivity index (χ0v) is 7.51. The molecule has 0 aliphatic rings. The first-order chi connectivity index (χ1) is 6.38. The number of anilines is 1. The topological polar surface area (TPSA) is 53.1 Å². The highest BCUT2D eigenvalue weighted by atomic mass is 19.4. The molecule has 0 aliphatic carbocycles.